The summed E-state index contributed by atoms with van der Waals surface area (Å²) < 4.78 is 0. The zero-order valence-corrected chi connectivity index (χ0v) is 13.4. The summed E-state index contributed by atoms with van der Waals surface area (Å²) >= 11 is 0. The molecular weight excluding hydrogens is 252 g/mol. The molecule has 1 amide bonds. The molecule has 20 heavy (non-hydrogen) atoms. The number of nitrogens with zero attached hydrogens (tertiary/aromatic N) is 2. The van der Waals surface area contributed by atoms with Crippen LogP contribution in [0.5, 0.6) is 0 Å². The molecule has 0 spiro atoms. The van der Waals surface area contributed by atoms with Gasteiger partial charge in [-0.1, -0.05) is 20.8 Å². The molecule has 0 aliphatic carbocycles. The fraction of sp³-hybridized carbons (Fsp3) is 0.933. The van der Waals surface area contributed by atoms with Gasteiger partial charge >= 0.3 is 0 Å². The Morgan fingerprint density at radius 1 is 1.40 bits per heavy atom. The van der Waals surface area contributed by atoms with E-state index in [1.165, 1.54) is 6.42 Å². The van der Waals surface area contributed by atoms with Crippen molar-refractivity contribution in [3.05, 3.63) is 0 Å². The van der Waals surface area contributed by atoms with E-state index in [0.717, 1.165) is 39.1 Å². The number of nitrogens with one attached hydrogen (secondary N) is 1. The standard InChI is InChI=1S/C15H32N4O/c1-4-8-17-15(20)10-14(11-16)19-9-7-13(12-19)18(5-2)6-3/h13-14H,4-12,16H2,1-3H3,(H,17,20). The molecule has 1 aliphatic heterocycles. The number of rotatable bonds is 9. The van der Waals surface area contributed by atoms with E-state index in [0.29, 0.717) is 19.0 Å². The Labute approximate surface area is 123 Å². The summed E-state index contributed by atoms with van der Waals surface area (Å²) in [6, 6.07) is 0.810. The predicted octanol–water partition coefficient (Wildman–Crippen LogP) is 0.646. The third-order valence-corrected chi connectivity index (χ3v) is 4.31. The van der Waals surface area contributed by atoms with Crippen LogP contribution >= 0.6 is 0 Å². The molecule has 2 atom stereocenters. The summed E-state index contributed by atoms with van der Waals surface area (Å²) in [5.74, 6) is 0.133. The maximum Gasteiger partial charge on any atom is 0.221 e. The molecule has 1 saturated heterocycles. The van der Waals surface area contributed by atoms with Crippen molar-refractivity contribution in [2.24, 2.45) is 5.73 Å². The summed E-state index contributed by atoms with van der Waals surface area (Å²) in [5.41, 5.74) is 5.88. The van der Waals surface area contributed by atoms with Gasteiger partial charge in [-0.05, 0) is 25.9 Å². The second-order valence-electron chi connectivity index (χ2n) is 5.60. The van der Waals surface area contributed by atoms with Crippen molar-refractivity contribution in [1.82, 2.24) is 15.1 Å². The van der Waals surface area contributed by atoms with Gasteiger partial charge < -0.3 is 11.1 Å². The molecule has 5 heteroatoms. The van der Waals surface area contributed by atoms with Gasteiger partial charge in [0.05, 0.1) is 0 Å². The molecule has 0 bridgehead atoms. The van der Waals surface area contributed by atoms with Crippen molar-refractivity contribution in [2.75, 3.05) is 39.3 Å². The number of carbonyl (C=O) groups excluding carboxylic acids is 1. The summed E-state index contributed by atoms with van der Waals surface area (Å²) in [5, 5.41) is 2.95. The van der Waals surface area contributed by atoms with Crippen molar-refractivity contribution in [3.8, 4) is 0 Å². The lowest BCUT2D eigenvalue weighted by atomic mass is 10.1. The predicted molar refractivity (Wildman–Crippen MR) is 83.7 cm³/mol. The van der Waals surface area contributed by atoms with Crippen LogP contribution in [0.4, 0.5) is 0 Å². The fourth-order valence-corrected chi connectivity index (χ4v) is 3.05. The molecule has 0 aromatic rings. The number of nitrogens with two attached hydrogens (primary N) is 1. The summed E-state index contributed by atoms with van der Waals surface area (Å²) in [6.07, 6.45) is 2.70. The summed E-state index contributed by atoms with van der Waals surface area (Å²) in [4.78, 5) is 16.8. The van der Waals surface area contributed by atoms with E-state index >= 15 is 0 Å². The van der Waals surface area contributed by atoms with Gasteiger partial charge in [0.25, 0.3) is 0 Å². The molecule has 0 radical (unpaired) electrons. The van der Waals surface area contributed by atoms with Crippen molar-refractivity contribution in [3.63, 3.8) is 0 Å². The largest absolute Gasteiger partial charge is 0.356 e. The van der Waals surface area contributed by atoms with Crippen LogP contribution < -0.4 is 11.1 Å². The van der Waals surface area contributed by atoms with Crippen LogP contribution in [0.3, 0.4) is 0 Å². The molecule has 2 unspecified atom stereocenters. The fourth-order valence-electron chi connectivity index (χ4n) is 3.05. The van der Waals surface area contributed by atoms with Crippen molar-refractivity contribution in [1.29, 1.82) is 0 Å². The summed E-state index contributed by atoms with van der Waals surface area (Å²) in [7, 11) is 0. The third-order valence-electron chi connectivity index (χ3n) is 4.31. The van der Waals surface area contributed by atoms with E-state index in [-0.39, 0.29) is 11.9 Å². The van der Waals surface area contributed by atoms with Crippen molar-refractivity contribution in [2.45, 2.75) is 52.1 Å². The molecule has 1 rings (SSSR count). The number of hydrogen-bond donors (Lipinski definition) is 2. The molecule has 1 aliphatic rings. The third kappa shape index (κ3) is 5.04. The van der Waals surface area contributed by atoms with Gasteiger partial charge in [-0.15, -0.1) is 0 Å². The Kier molecular flexibility index (Phi) is 8.11. The number of likely N-dealkylation sites (N-methyl/N-ethyl adjacent to an activating group) is 1. The van der Waals surface area contributed by atoms with Crippen LogP contribution in [-0.2, 0) is 4.79 Å². The van der Waals surface area contributed by atoms with Gasteiger partial charge in [0, 0.05) is 44.7 Å². The van der Waals surface area contributed by atoms with Crippen LogP contribution in [0.25, 0.3) is 0 Å². The lowest BCUT2D eigenvalue weighted by Gasteiger charge is -2.29. The van der Waals surface area contributed by atoms with Crippen LogP contribution in [0.1, 0.15) is 40.0 Å². The Morgan fingerprint density at radius 2 is 2.10 bits per heavy atom. The van der Waals surface area contributed by atoms with E-state index < -0.39 is 0 Å². The van der Waals surface area contributed by atoms with Gasteiger partial charge in [0.2, 0.25) is 5.91 Å². The molecule has 0 aromatic carbocycles. The maximum absolute atomic E-state index is 11.9. The Bertz CT molecular complexity index is 281. The molecule has 118 valence electrons. The highest BCUT2D eigenvalue weighted by atomic mass is 16.1. The zero-order valence-electron chi connectivity index (χ0n) is 13.4. The lowest BCUT2D eigenvalue weighted by Crippen LogP contribution is -2.45. The maximum atomic E-state index is 11.9. The van der Waals surface area contributed by atoms with Gasteiger partial charge in [0.15, 0.2) is 0 Å². The number of hydrogen-bond acceptors (Lipinski definition) is 4. The first kappa shape index (κ1) is 17.4. The van der Waals surface area contributed by atoms with E-state index in [2.05, 4.69) is 35.9 Å². The lowest BCUT2D eigenvalue weighted by molar-refractivity contribution is -0.122. The SMILES string of the molecule is CCCNC(=O)CC(CN)N1CCC(N(CC)CC)C1. The first-order valence-corrected chi connectivity index (χ1v) is 8.11. The highest BCUT2D eigenvalue weighted by molar-refractivity contribution is 5.76. The minimum atomic E-state index is 0.133. The molecular formula is C15H32N4O. The minimum Gasteiger partial charge on any atom is -0.356 e. The average Bonchev–Trinajstić information content (AvgIpc) is 2.93. The highest BCUT2D eigenvalue weighted by Crippen LogP contribution is 2.18. The van der Waals surface area contributed by atoms with Crippen LogP contribution in [-0.4, -0.2) is 67.1 Å². The molecule has 3 N–H and O–H groups in total. The summed E-state index contributed by atoms with van der Waals surface area (Å²) in [6.45, 7) is 12.1. The average molecular weight is 284 g/mol. The second-order valence-corrected chi connectivity index (χ2v) is 5.60. The van der Waals surface area contributed by atoms with Gasteiger partial charge in [-0.25, -0.2) is 0 Å². The van der Waals surface area contributed by atoms with Gasteiger partial charge in [0.1, 0.15) is 0 Å². The molecule has 1 heterocycles. The van der Waals surface area contributed by atoms with E-state index in [9.17, 15) is 4.79 Å². The van der Waals surface area contributed by atoms with E-state index in [1.54, 1.807) is 0 Å². The second kappa shape index (κ2) is 9.32. The Morgan fingerprint density at radius 3 is 2.65 bits per heavy atom. The minimum absolute atomic E-state index is 0.133. The zero-order chi connectivity index (χ0) is 15.0. The Balaban J connectivity index is 2.45. The monoisotopic (exact) mass is 284 g/mol. The van der Waals surface area contributed by atoms with Crippen molar-refractivity contribution >= 4 is 5.91 Å². The quantitative estimate of drug-likeness (QED) is 0.652. The van der Waals surface area contributed by atoms with Gasteiger partial charge in [-0.3, -0.25) is 14.6 Å². The van der Waals surface area contributed by atoms with E-state index in [1.807, 2.05) is 0 Å². The van der Waals surface area contributed by atoms with Gasteiger partial charge in [-0.2, -0.15) is 0 Å². The number of carbonyl (C=O) groups is 1. The normalized spacial score (nSPS) is 21.4. The first-order valence-electron chi connectivity index (χ1n) is 8.11. The van der Waals surface area contributed by atoms with Crippen molar-refractivity contribution < 1.29 is 4.79 Å². The van der Waals surface area contributed by atoms with Crippen LogP contribution in [0.2, 0.25) is 0 Å². The van der Waals surface area contributed by atoms with Crippen LogP contribution in [0.15, 0.2) is 0 Å². The molecule has 5 nitrogen and oxygen atoms in total. The highest BCUT2D eigenvalue weighted by Gasteiger charge is 2.30. The van der Waals surface area contributed by atoms with Crippen LogP contribution in [0, 0.1) is 0 Å². The molecule has 0 aromatic heterocycles. The first-order chi connectivity index (χ1) is 9.65. The number of likely N-dealkylation sites (tertiary alicyclic amines) is 1. The van der Waals surface area contributed by atoms with E-state index in [4.69, 9.17) is 5.73 Å². The molecule has 1 fully saturated rings. The Hall–Kier alpha value is -0.650. The topological polar surface area (TPSA) is 61.6 Å². The number of amides is 1. The molecule has 0 saturated carbocycles. The smallest absolute Gasteiger partial charge is 0.221 e.